The quantitative estimate of drug-likeness (QED) is 0.0887. The predicted molar refractivity (Wildman–Crippen MR) is 289 cm³/mol. The number of thiophene rings is 1. The van der Waals surface area contributed by atoms with Crippen molar-refractivity contribution in [1.82, 2.24) is 45.1 Å². The maximum Gasteiger partial charge on any atom is 0.258 e. The molecule has 18 nitrogen and oxygen atoms in total. The van der Waals surface area contributed by atoms with Crippen molar-refractivity contribution in [2.75, 3.05) is 46.4 Å². The first-order valence-corrected chi connectivity index (χ1v) is 26.6. The van der Waals surface area contributed by atoms with Crippen molar-refractivity contribution in [2.45, 2.75) is 98.5 Å². The number of amides is 4. The maximum atomic E-state index is 14.3. The summed E-state index contributed by atoms with van der Waals surface area (Å²) in [6.45, 7) is 20.2. The molecule has 2 saturated heterocycles. The van der Waals surface area contributed by atoms with Gasteiger partial charge in [0.2, 0.25) is 29.6 Å². The third-order valence-electron chi connectivity index (χ3n) is 13.6. The van der Waals surface area contributed by atoms with E-state index in [4.69, 9.17) is 21.3 Å². The Balaban J connectivity index is 0.871. The summed E-state index contributed by atoms with van der Waals surface area (Å²) >= 11 is 9.51. The van der Waals surface area contributed by atoms with Crippen molar-refractivity contribution in [3.05, 3.63) is 116 Å². The number of benzene rings is 2. The average Bonchev–Trinajstić information content (AvgIpc) is 4.15. The molecule has 8 rings (SSSR count). The third kappa shape index (κ3) is 11.5. The molecule has 74 heavy (non-hydrogen) atoms. The Morgan fingerprint density at radius 3 is 2.28 bits per heavy atom. The highest BCUT2D eigenvalue weighted by atomic mass is 35.5. The fraction of sp³-hybridized carbons (Fsp3) is 0.434. The summed E-state index contributed by atoms with van der Waals surface area (Å²) in [6, 6.07) is 12.5. The van der Waals surface area contributed by atoms with Gasteiger partial charge in [-0.1, -0.05) is 75.3 Å². The minimum Gasteiger partial charge on any atom is -0.467 e. The second-order valence-electron chi connectivity index (χ2n) is 19.8. The second-order valence-corrected chi connectivity index (χ2v) is 22.3. The normalized spacial score (nSPS) is 19.0. The van der Waals surface area contributed by atoms with Crippen molar-refractivity contribution < 1.29 is 29.0 Å². The van der Waals surface area contributed by atoms with Crippen molar-refractivity contribution >= 4 is 75.5 Å². The van der Waals surface area contributed by atoms with Crippen LogP contribution in [-0.2, 0) is 23.9 Å². The van der Waals surface area contributed by atoms with Crippen LogP contribution in [0.25, 0.3) is 15.4 Å². The molecular weight excluding hydrogens is 1000 g/mol. The lowest BCUT2D eigenvalue weighted by Gasteiger charge is -2.35. The van der Waals surface area contributed by atoms with E-state index in [0.717, 1.165) is 54.0 Å². The van der Waals surface area contributed by atoms with Gasteiger partial charge in [-0.25, -0.2) is 4.98 Å². The van der Waals surface area contributed by atoms with E-state index in [0.29, 0.717) is 48.8 Å². The number of aliphatic hydroxyl groups excluding tert-OH is 1. The van der Waals surface area contributed by atoms with E-state index < -0.39 is 54.0 Å². The Kier molecular flexibility index (Phi) is 16.3. The Morgan fingerprint density at radius 1 is 0.973 bits per heavy atom. The molecule has 3 aliphatic heterocycles. The number of aromatic nitrogens is 4. The SMILES string of the molecule is C=CC(=NC(=NC)N1CCN(C(=O)C[C@@H]2N=C(c3ccc(Cl)cc3)c3c(sc(C)c3C)-n3c(C)nnc32)CC1)OCC(=O)N[C@H](C(=O)N1C[C@H](O)C[C@H]1C(=O)N[C@@H](C)c1ccc(-c2scnc2C)cc1)C(C)(C)C. The molecule has 0 unspecified atom stereocenters. The van der Waals surface area contributed by atoms with E-state index in [-0.39, 0.29) is 37.2 Å². The number of likely N-dealkylation sites (tertiary alicyclic amines) is 1. The number of guanidine groups is 1. The van der Waals surface area contributed by atoms with Gasteiger partial charge < -0.3 is 35.2 Å². The molecule has 2 fully saturated rings. The molecule has 0 saturated carbocycles. The number of aliphatic hydroxyl groups is 1. The highest BCUT2D eigenvalue weighted by Gasteiger charge is 2.45. The highest BCUT2D eigenvalue weighted by molar-refractivity contribution is 7.15. The Labute approximate surface area is 444 Å². The number of β-amino-alcohol motifs (C(OH)–C–C–N with tert-alkyl or cyclic N) is 1. The molecule has 0 spiro atoms. The molecule has 5 atom stereocenters. The number of carbonyl (C=O) groups is 4. The lowest BCUT2D eigenvalue weighted by molar-refractivity contribution is -0.144. The van der Waals surface area contributed by atoms with E-state index in [1.807, 2.05) is 105 Å². The van der Waals surface area contributed by atoms with Crippen LogP contribution in [0.5, 0.6) is 0 Å². The zero-order valence-corrected chi connectivity index (χ0v) is 45.6. The van der Waals surface area contributed by atoms with Crippen LogP contribution in [0.4, 0.5) is 0 Å². The highest BCUT2D eigenvalue weighted by Crippen LogP contribution is 2.40. The van der Waals surface area contributed by atoms with Crippen molar-refractivity contribution in [3.8, 4) is 15.4 Å². The van der Waals surface area contributed by atoms with Gasteiger partial charge in [0.05, 0.1) is 40.4 Å². The largest absolute Gasteiger partial charge is 0.467 e. The molecule has 3 aliphatic rings. The number of hydrogen-bond acceptors (Lipinski definition) is 13. The molecule has 6 heterocycles. The Morgan fingerprint density at radius 2 is 1.65 bits per heavy atom. The molecule has 0 bridgehead atoms. The van der Waals surface area contributed by atoms with Gasteiger partial charge in [0, 0.05) is 67.2 Å². The van der Waals surface area contributed by atoms with Crippen LogP contribution >= 0.6 is 34.3 Å². The Bertz CT molecular complexity index is 3020. The van der Waals surface area contributed by atoms with Gasteiger partial charge in [0.25, 0.3) is 5.91 Å². The molecule has 21 heteroatoms. The number of fused-ring (bicyclic) bond motifs is 3. The molecule has 2 aromatic carbocycles. The number of aryl methyl sites for hydroxylation is 3. The summed E-state index contributed by atoms with van der Waals surface area (Å²) in [7, 11) is 1.59. The number of piperazine rings is 1. The van der Waals surface area contributed by atoms with Crippen LogP contribution < -0.4 is 10.6 Å². The predicted octanol–water partition coefficient (Wildman–Crippen LogP) is 6.72. The van der Waals surface area contributed by atoms with Crippen molar-refractivity contribution in [2.24, 2.45) is 20.4 Å². The number of thiazole rings is 1. The first-order chi connectivity index (χ1) is 35.3. The van der Waals surface area contributed by atoms with Crippen molar-refractivity contribution in [3.63, 3.8) is 0 Å². The number of nitrogens with zero attached hydrogens (tertiary/aromatic N) is 10. The maximum absolute atomic E-state index is 14.3. The molecule has 3 aromatic heterocycles. The lowest BCUT2D eigenvalue weighted by Crippen LogP contribution is -2.58. The second kappa shape index (κ2) is 22.5. The van der Waals surface area contributed by atoms with Crippen LogP contribution in [0.2, 0.25) is 5.02 Å². The topological polar surface area (TPSA) is 212 Å². The fourth-order valence-corrected chi connectivity index (χ4v) is 11.6. The number of hydrogen-bond donors (Lipinski definition) is 3. The van der Waals surface area contributed by atoms with Gasteiger partial charge in [0.15, 0.2) is 12.4 Å². The standard InChI is InChI=1S/C53H63ClN12O6S2/c1-11-42(72-27-41(68)59-47(53(7,8)9)50(71)65-26-38(67)24-40(65)49(70)57-30(3)34-12-14-36(15-13-34)46-31(4)56-28-73-46)60-52(55-10)64-22-20-63(21-23-64)43(69)25-39-48-62-61-33(6)66(48)51-44(29(2)32(5)74-51)45(58-39)35-16-18-37(54)19-17-35/h11-19,28,30,38-40,47,67H,1,20-27H2,2-10H3,(H,57,70)(H,59,68)/t30-,38+,39-,40-,47+/m0/s1. The monoisotopic (exact) mass is 1060 g/mol. The zero-order chi connectivity index (χ0) is 53.2. The van der Waals surface area contributed by atoms with E-state index in [1.54, 1.807) is 34.6 Å². The molecular formula is C53H63ClN12O6S2. The molecule has 3 N–H and O–H groups in total. The van der Waals surface area contributed by atoms with Crippen LogP contribution in [0, 0.1) is 33.1 Å². The Hall–Kier alpha value is -6.61. The molecule has 4 amide bonds. The molecule has 0 radical (unpaired) electrons. The number of nitrogens with one attached hydrogen (secondary N) is 2. The smallest absolute Gasteiger partial charge is 0.258 e. The van der Waals surface area contributed by atoms with Crippen LogP contribution in [-0.4, -0.2) is 145 Å². The third-order valence-corrected chi connectivity index (χ3v) is 16.1. The van der Waals surface area contributed by atoms with E-state index in [1.165, 1.54) is 11.0 Å². The van der Waals surface area contributed by atoms with E-state index in [2.05, 4.69) is 56.2 Å². The number of carbonyl (C=O) groups excluding carboxylic acids is 4. The van der Waals surface area contributed by atoms with Gasteiger partial charge in [-0.2, -0.15) is 4.99 Å². The molecule has 390 valence electrons. The summed E-state index contributed by atoms with van der Waals surface area (Å²) in [5.41, 5.74) is 7.64. The number of aliphatic imine (C=N–C) groups is 3. The van der Waals surface area contributed by atoms with Gasteiger partial charge >= 0.3 is 0 Å². The number of rotatable bonds is 12. The van der Waals surface area contributed by atoms with Crippen molar-refractivity contribution in [1.29, 1.82) is 0 Å². The van der Waals surface area contributed by atoms with E-state index >= 15 is 0 Å². The fourth-order valence-electron chi connectivity index (χ4n) is 9.44. The summed E-state index contributed by atoms with van der Waals surface area (Å²) in [5, 5.41) is 27.2. The van der Waals surface area contributed by atoms with Crippen LogP contribution in [0.1, 0.15) is 97.1 Å². The lowest BCUT2D eigenvalue weighted by atomic mass is 9.85. The van der Waals surface area contributed by atoms with Crippen LogP contribution in [0.15, 0.2) is 81.7 Å². The van der Waals surface area contributed by atoms with Gasteiger partial charge in [-0.05, 0) is 74.9 Å². The zero-order valence-electron chi connectivity index (χ0n) is 43.2. The minimum absolute atomic E-state index is 0.0285. The molecule has 0 aliphatic carbocycles. The first kappa shape index (κ1) is 53.7. The first-order valence-electron chi connectivity index (χ1n) is 24.5. The van der Waals surface area contributed by atoms with Gasteiger partial charge in [-0.3, -0.25) is 33.7 Å². The summed E-state index contributed by atoms with van der Waals surface area (Å²) < 4.78 is 7.87. The summed E-state index contributed by atoms with van der Waals surface area (Å²) in [4.78, 5) is 81.8. The van der Waals surface area contributed by atoms with E-state index in [9.17, 15) is 24.3 Å². The molecule has 5 aromatic rings. The minimum atomic E-state index is -1.07. The average molecular weight is 1060 g/mol. The summed E-state index contributed by atoms with van der Waals surface area (Å²) in [6.07, 6.45) is 0.569. The van der Waals surface area contributed by atoms with Gasteiger partial charge in [0.1, 0.15) is 29.0 Å². The number of halogens is 1. The summed E-state index contributed by atoms with van der Waals surface area (Å²) in [5.74, 6) is 0.0796. The van der Waals surface area contributed by atoms with Gasteiger partial charge in [-0.15, -0.1) is 32.9 Å². The number of ether oxygens (including phenoxy) is 1. The van der Waals surface area contributed by atoms with Crippen LogP contribution in [0.3, 0.4) is 0 Å².